The van der Waals surface area contributed by atoms with E-state index in [2.05, 4.69) is 30.0 Å². The number of aromatic hydroxyl groups is 1. The zero-order chi connectivity index (χ0) is 23.5. The highest BCUT2D eigenvalue weighted by Gasteiger charge is 2.47. The number of hydrogen-bond acceptors (Lipinski definition) is 3. The number of halogens is 4. The van der Waals surface area contributed by atoms with Crippen LogP contribution in [0.25, 0.3) is 11.4 Å². The first kappa shape index (κ1) is 24.7. The summed E-state index contributed by atoms with van der Waals surface area (Å²) in [6, 6.07) is 3.14. The fraction of sp³-hybridized carbons (Fsp3) is 0.583. The molecule has 0 aliphatic heterocycles. The summed E-state index contributed by atoms with van der Waals surface area (Å²) in [4.78, 5) is 7.47. The molecular weight excluding hydrogens is 436 g/mol. The standard InChI is InChI=1S/C24H32F4N2OSi/c1-4-5-11-32(2,3)12-7-6-8-16-9-10-18-19(24(16,27)28)13-20(25)21(22(18)26)23-29-14-17(31)15-30-23/h13-16,31H,4-12H2,1-3H3. The van der Waals surface area contributed by atoms with Crippen LogP contribution in [0.4, 0.5) is 17.6 Å². The van der Waals surface area contributed by atoms with E-state index in [1.54, 1.807) is 0 Å². The van der Waals surface area contributed by atoms with Crippen LogP contribution in [0.3, 0.4) is 0 Å². The molecule has 0 radical (unpaired) electrons. The summed E-state index contributed by atoms with van der Waals surface area (Å²) in [5.41, 5.74) is -1.24. The molecule has 1 unspecified atom stereocenters. The van der Waals surface area contributed by atoms with Gasteiger partial charge in [-0.05, 0) is 30.9 Å². The third-order valence-electron chi connectivity index (χ3n) is 6.66. The van der Waals surface area contributed by atoms with Gasteiger partial charge in [0.15, 0.2) is 11.6 Å². The second-order valence-corrected chi connectivity index (χ2v) is 15.0. The zero-order valence-corrected chi connectivity index (χ0v) is 20.0. The van der Waals surface area contributed by atoms with Gasteiger partial charge in [-0.15, -0.1) is 0 Å². The average molecular weight is 469 g/mol. The Morgan fingerprint density at radius 3 is 2.41 bits per heavy atom. The van der Waals surface area contributed by atoms with Gasteiger partial charge in [-0.25, -0.2) is 27.5 Å². The number of aromatic nitrogens is 2. The van der Waals surface area contributed by atoms with Crippen molar-refractivity contribution < 1.29 is 22.7 Å². The monoisotopic (exact) mass is 468 g/mol. The van der Waals surface area contributed by atoms with Crippen molar-refractivity contribution in [3.05, 3.63) is 41.2 Å². The van der Waals surface area contributed by atoms with Gasteiger partial charge < -0.3 is 5.11 Å². The lowest BCUT2D eigenvalue weighted by Gasteiger charge is -2.34. The number of hydrogen-bond donors (Lipinski definition) is 1. The van der Waals surface area contributed by atoms with Gasteiger partial charge >= 0.3 is 0 Å². The molecule has 0 bridgehead atoms. The van der Waals surface area contributed by atoms with E-state index in [-0.39, 0.29) is 30.0 Å². The summed E-state index contributed by atoms with van der Waals surface area (Å²) in [6.07, 6.45) is 6.72. The maximum Gasteiger partial charge on any atom is 0.276 e. The zero-order valence-electron chi connectivity index (χ0n) is 19.0. The summed E-state index contributed by atoms with van der Waals surface area (Å²) in [5.74, 6) is -6.87. The summed E-state index contributed by atoms with van der Waals surface area (Å²) in [7, 11) is -1.28. The molecule has 1 aliphatic rings. The lowest BCUT2D eigenvalue weighted by molar-refractivity contribution is -0.0796. The number of rotatable bonds is 9. The second-order valence-electron chi connectivity index (χ2n) is 9.71. The molecule has 3 rings (SSSR count). The molecule has 0 saturated carbocycles. The second kappa shape index (κ2) is 9.89. The number of fused-ring (bicyclic) bond motifs is 1. The maximum atomic E-state index is 15.2. The quantitative estimate of drug-likeness (QED) is 0.236. The van der Waals surface area contributed by atoms with Crippen molar-refractivity contribution in [1.82, 2.24) is 9.97 Å². The van der Waals surface area contributed by atoms with Crippen LogP contribution < -0.4 is 0 Å². The fourth-order valence-corrected chi connectivity index (χ4v) is 7.44. The lowest BCUT2D eigenvalue weighted by atomic mass is 9.77. The van der Waals surface area contributed by atoms with E-state index < -0.39 is 42.7 Å². The van der Waals surface area contributed by atoms with Crippen molar-refractivity contribution in [2.24, 2.45) is 5.92 Å². The molecule has 8 heteroatoms. The summed E-state index contributed by atoms with van der Waals surface area (Å²) in [6.45, 7) is 6.89. The fourth-order valence-electron chi connectivity index (χ4n) is 4.68. The van der Waals surface area contributed by atoms with Gasteiger partial charge in [0.25, 0.3) is 5.92 Å². The van der Waals surface area contributed by atoms with Gasteiger partial charge in [0, 0.05) is 19.6 Å². The molecule has 3 nitrogen and oxygen atoms in total. The third kappa shape index (κ3) is 5.33. The maximum absolute atomic E-state index is 15.2. The van der Waals surface area contributed by atoms with Crippen molar-refractivity contribution in [2.75, 3.05) is 0 Å². The molecule has 1 heterocycles. The Morgan fingerprint density at radius 1 is 1.09 bits per heavy atom. The Kier molecular flexibility index (Phi) is 7.63. The topological polar surface area (TPSA) is 46.0 Å². The molecule has 1 aromatic heterocycles. The smallest absolute Gasteiger partial charge is 0.276 e. The molecule has 0 amide bonds. The Morgan fingerprint density at radius 2 is 1.75 bits per heavy atom. The van der Waals surface area contributed by atoms with E-state index in [1.165, 1.54) is 18.9 Å². The van der Waals surface area contributed by atoms with E-state index in [1.807, 2.05) is 0 Å². The third-order valence-corrected chi connectivity index (χ3v) is 10.1. The minimum Gasteiger partial charge on any atom is -0.505 e. The van der Waals surface area contributed by atoms with Gasteiger partial charge in [0.05, 0.1) is 18.0 Å². The van der Waals surface area contributed by atoms with Crippen LogP contribution in [0.2, 0.25) is 25.2 Å². The molecule has 2 aromatic rings. The van der Waals surface area contributed by atoms with Crippen LogP contribution in [-0.2, 0) is 12.3 Å². The minimum absolute atomic E-state index is 0.129. The molecule has 1 aliphatic carbocycles. The van der Waals surface area contributed by atoms with Crippen molar-refractivity contribution in [2.45, 2.75) is 83.0 Å². The molecule has 0 fully saturated rings. The highest BCUT2D eigenvalue weighted by Crippen LogP contribution is 2.48. The van der Waals surface area contributed by atoms with E-state index in [4.69, 9.17) is 0 Å². The molecule has 0 spiro atoms. The number of unbranched alkanes of at least 4 members (excludes halogenated alkanes) is 2. The van der Waals surface area contributed by atoms with Crippen molar-refractivity contribution >= 4 is 8.07 Å². The van der Waals surface area contributed by atoms with Gasteiger partial charge in [-0.2, -0.15) is 0 Å². The van der Waals surface area contributed by atoms with Gasteiger partial charge in [0.1, 0.15) is 11.6 Å². The highest BCUT2D eigenvalue weighted by molar-refractivity contribution is 6.77. The van der Waals surface area contributed by atoms with Gasteiger partial charge in [0.2, 0.25) is 0 Å². The first-order valence-electron chi connectivity index (χ1n) is 11.5. The van der Waals surface area contributed by atoms with Gasteiger partial charge in [-0.1, -0.05) is 57.8 Å². The number of nitrogens with zero attached hydrogens (tertiary/aromatic N) is 2. The first-order chi connectivity index (χ1) is 15.1. The van der Waals surface area contributed by atoms with E-state index in [0.717, 1.165) is 30.9 Å². The highest BCUT2D eigenvalue weighted by atomic mass is 28.3. The normalized spacial score (nSPS) is 17.9. The Labute approximate surface area is 188 Å². The van der Waals surface area contributed by atoms with Crippen molar-refractivity contribution in [3.8, 4) is 17.1 Å². The molecule has 176 valence electrons. The van der Waals surface area contributed by atoms with E-state index >= 15 is 13.2 Å². The largest absolute Gasteiger partial charge is 0.505 e. The van der Waals surface area contributed by atoms with E-state index in [0.29, 0.717) is 12.8 Å². The SMILES string of the molecule is CCCC[Si](C)(C)CCCCC1CCc2c(cc(F)c(-c3ncc(O)cn3)c2F)C1(F)F. The van der Waals surface area contributed by atoms with Crippen LogP contribution in [0, 0.1) is 17.6 Å². The number of benzene rings is 1. The van der Waals surface area contributed by atoms with Crippen LogP contribution in [0.1, 0.15) is 56.6 Å². The number of alkyl halides is 2. The summed E-state index contributed by atoms with van der Waals surface area (Å²) in [5, 5.41) is 9.29. The minimum atomic E-state index is -3.28. The van der Waals surface area contributed by atoms with Crippen LogP contribution in [0.15, 0.2) is 18.5 Å². The molecule has 1 atom stereocenters. The Balaban J connectivity index is 1.74. The van der Waals surface area contributed by atoms with E-state index in [9.17, 15) is 9.50 Å². The predicted molar refractivity (Wildman–Crippen MR) is 121 cm³/mol. The molecule has 0 saturated heterocycles. The Hall–Kier alpha value is -1.96. The molecule has 1 N–H and O–H groups in total. The van der Waals surface area contributed by atoms with Crippen LogP contribution in [-0.4, -0.2) is 23.1 Å². The van der Waals surface area contributed by atoms with Gasteiger partial charge in [-0.3, -0.25) is 0 Å². The van der Waals surface area contributed by atoms with Crippen LogP contribution in [0.5, 0.6) is 5.75 Å². The first-order valence-corrected chi connectivity index (χ1v) is 14.9. The summed E-state index contributed by atoms with van der Waals surface area (Å²) >= 11 is 0. The average Bonchev–Trinajstić information content (AvgIpc) is 2.73. The van der Waals surface area contributed by atoms with Crippen LogP contribution >= 0.6 is 0 Å². The molecule has 1 aromatic carbocycles. The van der Waals surface area contributed by atoms with Crippen molar-refractivity contribution in [1.29, 1.82) is 0 Å². The molecular formula is C24H32F4N2OSi. The predicted octanol–water partition coefficient (Wildman–Crippen LogP) is 7.46. The lowest BCUT2D eigenvalue weighted by Crippen LogP contribution is -2.33. The molecule has 32 heavy (non-hydrogen) atoms. The Bertz CT molecular complexity index is 935. The van der Waals surface area contributed by atoms with Crippen molar-refractivity contribution in [3.63, 3.8) is 0 Å². The summed E-state index contributed by atoms with van der Waals surface area (Å²) < 4.78 is 60.3.